The van der Waals surface area contributed by atoms with Crippen LogP contribution >= 0.6 is 0 Å². The van der Waals surface area contributed by atoms with Crippen LogP contribution in [0.25, 0.3) is 0 Å². The highest BCUT2D eigenvalue weighted by molar-refractivity contribution is 6.06. The van der Waals surface area contributed by atoms with Crippen molar-refractivity contribution in [3.8, 4) is 0 Å². The highest BCUT2D eigenvalue weighted by Gasteiger charge is 2.60. The Balaban J connectivity index is 1.47. The Morgan fingerprint density at radius 3 is 1.41 bits per heavy atom. The number of carbonyl (C=O) groups excluding carboxylic acids is 9. The number of likely N-dealkylation sites (tertiary alicyclic amines) is 1. The minimum Gasteiger partial charge on any atom is -0.463 e. The summed E-state index contributed by atoms with van der Waals surface area (Å²) in [4.78, 5) is 114. The molecule has 21 nitrogen and oxygen atoms in total. The van der Waals surface area contributed by atoms with Gasteiger partial charge in [-0.15, -0.1) is 0 Å². The molecule has 5 aliphatic rings. The van der Waals surface area contributed by atoms with Crippen LogP contribution in [0.1, 0.15) is 54.9 Å². The van der Waals surface area contributed by atoms with E-state index < -0.39 is 128 Å². The van der Waals surface area contributed by atoms with Gasteiger partial charge in [-0.3, -0.25) is 48.1 Å². The van der Waals surface area contributed by atoms with Crippen molar-refractivity contribution >= 4 is 53.6 Å². The topological polar surface area (TPSA) is 258 Å². The van der Waals surface area contributed by atoms with E-state index >= 15 is 0 Å². The van der Waals surface area contributed by atoms with Crippen molar-refractivity contribution in [3.05, 3.63) is 12.2 Å². The van der Waals surface area contributed by atoms with E-state index in [9.17, 15) is 43.2 Å². The summed E-state index contributed by atoms with van der Waals surface area (Å²) in [7, 11) is 0. The van der Waals surface area contributed by atoms with Crippen LogP contribution in [0.3, 0.4) is 0 Å². The maximum Gasteiger partial charge on any atom is 0.303 e. The summed E-state index contributed by atoms with van der Waals surface area (Å²) in [6.45, 7) is 5.60. The van der Waals surface area contributed by atoms with E-state index in [4.69, 9.17) is 52.1 Å². The Bertz CT molecular complexity index is 1650. The second-order valence-corrected chi connectivity index (χ2v) is 14.4. The summed E-state index contributed by atoms with van der Waals surface area (Å²) in [5.74, 6) is -7.76. The molecule has 0 aromatic rings. The van der Waals surface area contributed by atoms with Crippen LogP contribution in [0.2, 0.25) is 0 Å². The summed E-state index contributed by atoms with van der Waals surface area (Å²) in [5, 5.41) is 0. The molecule has 320 valence electrons. The van der Waals surface area contributed by atoms with Crippen LogP contribution in [0.4, 0.5) is 0 Å². The van der Waals surface area contributed by atoms with Crippen LogP contribution in [-0.4, -0.2) is 146 Å². The number of nitrogens with zero attached hydrogens (tertiary/aromatic N) is 1. The quantitative estimate of drug-likeness (QED) is 0.0867. The molecule has 4 fully saturated rings. The number of carbonyl (C=O) groups is 9. The zero-order valence-electron chi connectivity index (χ0n) is 32.9. The van der Waals surface area contributed by atoms with Gasteiger partial charge < -0.3 is 52.1 Å². The average molecular weight is 826 g/mol. The number of fused-ring (bicyclic) bond motifs is 5. The first-order valence-electron chi connectivity index (χ1n) is 18.6. The SMILES string of the molecule is CC(=O)OC[C@H]1O[C@@H](O[C@H]2[C@H](OC(C)=O)[C@@H](OC(C)=O)[C@H](OCCN3C(=O)[C@@H]4[C@H](C3=O)[C@H]3C=C[C@@H]4C3)O[C@@H]2COC(C)=O)[C@H](OC(C)=O)[C@@H](OC(C)=O)[C@H]1OC(C)=O. The first kappa shape index (κ1) is 44.1. The predicted octanol–water partition coefficient (Wildman–Crippen LogP) is -0.570. The number of amides is 2. The second kappa shape index (κ2) is 18.7. The van der Waals surface area contributed by atoms with Gasteiger partial charge in [0.15, 0.2) is 43.1 Å². The molecule has 21 heteroatoms. The molecular weight excluding hydrogens is 778 g/mol. The molecule has 3 saturated heterocycles. The van der Waals surface area contributed by atoms with Gasteiger partial charge in [-0.25, -0.2) is 0 Å². The molecule has 0 radical (unpaired) electrons. The molecule has 3 heterocycles. The molecule has 2 bridgehead atoms. The lowest BCUT2D eigenvalue weighted by molar-refractivity contribution is -0.361. The van der Waals surface area contributed by atoms with E-state index in [-0.39, 0.29) is 36.8 Å². The number of ether oxygens (including phenoxy) is 11. The summed E-state index contributed by atoms with van der Waals surface area (Å²) in [5.41, 5.74) is 0. The van der Waals surface area contributed by atoms with E-state index in [0.717, 1.165) is 59.8 Å². The molecule has 0 spiro atoms. The van der Waals surface area contributed by atoms with E-state index in [1.165, 1.54) is 0 Å². The summed E-state index contributed by atoms with van der Waals surface area (Å²) < 4.78 is 62.5. The molecular formula is C37H47NO20. The monoisotopic (exact) mass is 825 g/mol. The largest absolute Gasteiger partial charge is 0.463 e. The molecule has 0 aromatic heterocycles. The number of hydrogen-bond acceptors (Lipinski definition) is 20. The summed E-state index contributed by atoms with van der Waals surface area (Å²) >= 11 is 0. The molecule has 14 atom stereocenters. The molecule has 5 rings (SSSR count). The lowest BCUT2D eigenvalue weighted by Crippen LogP contribution is -2.67. The number of rotatable bonds is 15. The molecule has 2 aliphatic carbocycles. The maximum absolute atomic E-state index is 13.3. The van der Waals surface area contributed by atoms with E-state index in [2.05, 4.69) is 0 Å². The van der Waals surface area contributed by atoms with Gasteiger partial charge in [0.2, 0.25) is 11.8 Å². The molecule has 58 heavy (non-hydrogen) atoms. The fourth-order valence-corrected chi connectivity index (χ4v) is 8.05. The van der Waals surface area contributed by atoms with Crippen LogP contribution < -0.4 is 0 Å². The lowest BCUT2D eigenvalue weighted by Gasteiger charge is -2.48. The fraction of sp³-hybridized carbons (Fsp3) is 0.703. The summed E-state index contributed by atoms with van der Waals surface area (Å²) in [6.07, 6.45) is -11.6. The number of hydrogen-bond donors (Lipinski definition) is 0. The zero-order chi connectivity index (χ0) is 42.6. The Morgan fingerprint density at radius 2 is 0.948 bits per heavy atom. The summed E-state index contributed by atoms with van der Waals surface area (Å²) in [6, 6.07) is 0. The Hall–Kier alpha value is -4.99. The number of imide groups is 1. The molecule has 3 aliphatic heterocycles. The van der Waals surface area contributed by atoms with E-state index in [1.54, 1.807) is 0 Å². The van der Waals surface area contributed by atoms with Crippen LogP contribution in [0, 0.1) is 23.7 Å². The smallest absolute Gasteiger partial charge is 0.303 e. The Labute approximate surface area is 332 Å². The van der Waals surface area contributed by atoms with Gasteiger partial charge in [0, 0.05) is 48.5 Å². The molecule has 0 unspecified atom stereocenters. The number of allylic oxidation sites excluding steroid dienone is 2. The van der Waals surface area contributed by atoms with Crippen LogP contribution in [-0.2, 0) is 95.3 Å². The highest BCUT2D eigenvalue weighted by Crippen LogP contribution is 2.52. The van der Waals surface area contributed by atoms with E-state index in [1.807, 2.05) is 12.2 Å². The normalized spacial score (nSPS) is 34.8. The van der Waals surface area contributed by atoms with Gasteiger partial charge in [0.25, 0.3) is 0 Å². The molecule has 0 N–H and O–H groups in total. The first-order valence-corrected chi connectivity index (χ1v) is 18.6. The van der Waals surface area contributed by atoms with Crippen molar-refractivity contribution in [1.82, 2.24) is 4.90 Å². The van der Waals surface area contributed by atoms with Crippen molar-refractivity contribution in [1.29, 1.82) is 0 Å². The van der Waals surface area contributed by atoms with Crippen molar-refractivity contribution in [2.24, 2.45) is 23.7 Å². The zero-order valence-corrected chi connectivity index (χ0v) is 32.9. The average Bonchev–Trinajstić information content (AvgIpc) is 3.80. The minimum atomic E-state index is -1.85. The van der Waals surface area contributed by atoms with Crippen molar-refractivity contribution in [2.75, 3.05) is 26.4 Å². The van der Waals surface area contributed by atoms with Gasteiger partial charge in [-0.1, -0.05) is 12.2 Å². The van der Waals surface area contributed by atoms with Gasteiger partial charge in [-0.2, -0.15) is 0 Å². The highest BCUT2D eigenvalue weighted by atomic mass is 16.8. The third-order valence-corrected chi connectivity index (χ3v) is 10.0. The van der Waals surface area contributed by atoms with Crippen LogP contribution in [0.5, 0.6) is 0 Å². The Kier molecular flexibility index (Phi) is 14.2. The van der Waals surface area contributed by atoms with Crippen molar-refractivity contribution in [3.63, 3.8) is 0 Å². The van der Waals surface area contributed by atoms with Gasteiger partial charge in [0.1, 0.15) is 31.5 Å². The third-order valence-electron chi connectivity index (χ3n) is 10.0. The van der Waals surface area contributed by atoms with Crippen LogP contribution in [0.15, 0.2) is 12.2 Å². The van der Waals surface area contributed by atoms with Crippen molar-refractivity contribution < 1.29 is 95.3 Å². The lowest BCUT2D eigenvalue weighted by atomic mass is 9.85. The van der Waals surface area contributed by atoms with Gasteiger partial charge in [0.05, 0.1) is 25.0 Å². The van der Waals surface area contributed by atoms with Gasteiger partial charge in [-0.05, 0) is 18.3 Å². The molecule has 2 amide bonds. The molecule has 0 aromatic carbocycles. The predicted molar refractivity (Wildman–Crippen MR) is 184 cm³/mol. The Morgan fingerprint density at radius 1 is 0.552 bits per heavy atom. The number of esters is 7. The van der Waals surface area contributed by atoms with E-state index in [0.29, 0.717) is 0 Å². The maximum atomic E-state index is 13.3. The third kappa shape index (κ3) is 10.2. The van der Waals surface area contributed by atoms with Gasteiger partial charge >= 0.3 is 41.8 Å². The second-order valence-electron chi connectivity index (χ2n) is 14.4. The first-order chi connectivity index (χ1) is 27.4. The molecule has 1 saturated carbocycles. The fourth-order valence-electron chi connectivity index (χ4n) is 8.05. The standard InChI is InChI=1S/C37H47NO20/c1-15(39)49-13-24-28(51-17(3)41)30(52-18(4)42)33(55-21(7)45)37(57-24)58-29-25(14-50-16(2)40)56-36(32(54-20(6)44)31(29)53-19(5)43)48-11-10-38-34(46)26-22-8-9-23(12-22)27(26)35(38)47/h8-9,22-33,36-37H,10-14H2,1-7H3/t22-,23+,24-,25-,26+,27-,28+,29-,30+,31+,32-,33-,36-,37+/m1/s1. The minimum absolute atomic E-state index is 0.0294. The van der Waals surface area contributed by atoms with Crippen molar-refractivity contribution in [2.45, 2.75) is 116 Å².